The minimum Gasteiger partial charge on any atom is -0.476 e. The van der Waals surface area contributed by atoms with Crippen molar-refractivity contribution < 1.29 is 14.7 Å². The van der Waals surface area contributed by atoms with Gasteiger partial charge in [0.2, 0.25) is 0 Å². The highest BCUT2D eigenvalue weighted by atomic mass is 32.1. The summed E-state index contributed by atoms with van der Waals surface area (Å²) < 4.78 is 1.83. The fourth-order valence-corrected chi connectivity index (χ4v) is 4.24. The molecule has 1 aromatic carbocycles. The molecule has 0 saturated carbocycles. The van der Waals surface area contributed by atoms with Gasteiger partial charge in [0.05, 0.1) is 12.6 Å². The number of thiazole rings is 1. The van der Waals surface area contributed by atoms with E-state index in [0.29, 0.717) is 23.7 Å². The minimum atomic E-state index is -1.04. The summed E-state index contributed by atoms with van der Waals surface area (Å²) in [4.78, 5) is 30.0. The van der Waals surface area contributed by atoms with Crippen LogP contribution in [-0.2, 0) is 6.54 Å². The summed E-state index contributed by atoms with van der Waals surface area (Å²) in [5.41, 5.74) is 1.73. The molecule has 3 heterocycles. The lowest BCUT2D eigenvalue weighted by Crippen LogP contribution is -2.30. The second-order valence-corrected chi connectivity index (χ2v) is 7.32. The molecule has 8 heteroatoms. The third kappa shape index (κ3) is 3.61. The van der Waals surface area contributed by atoms with E-state index in [0.717, 1.165) is 18.4 Å². The Morgan fingerprint density at radius 2 is 2.07 bits per heavy atom. The van der Waals surface area contributed by atoms with Crippen molar-refractivity contribution in [2.24, 2.45) is 0 Å². The van der Waals surface area contributed by atoms with Gasteiger partial charge in [0.15, 0.2) is 5.69 Å². The van der Waals surface area contributed by atoms with Gasteiger partial charge in [-0.2, -0.15) is 5.10 Å². The Morgan fingerprint density at radius 3 is 2.74 bits per heavy atom. The number of likely N-dealkylation sites (tertiary alicyclic amines) is 1. The third-order valence-electron chi connectivity index (χ3n) is 4.64. The Labute approximate surface area is 159 Å². The quantitative estimate of drug-likeness (QED) is 0.733. The Morgan fingerprint density at radius 1 is 1.26 bits per heavy atom. The summed E-state index contributed by atoms with van der Waals surface area (Å²) in [6.07, 6.45) is 5.32. The number of carbonyl (C=O) groups is 2. The largest absolute Gasteiger partial charge is 0.476 e. The van der Waals surface area contributed by atoms with Gasteiger partial charge < -0.3 is 10.0 Å². The number of amides is 1. The van der Waals surface area contributed by atoms with Gasteiger partial charge in [0, 0.05) is 29.9 Å². The maximum Gasteiger partial charge on any atom is 0.355 e. The summed E-state index contributed by atoms with van der Waals surface area (Å²) in [7, 11) is 0. The number of carbonyl (C=O) groups excluding carboxylic acids is 1. The van der Waals surface area contributed by atoms with Crippen LogP contribution in [0.5, 0.6) is 0 Å². The minimum absolute atomic E-state index is 0.0391. The van der Waals surface area contributed by atoms with Gasteiger partial charge in [-0.25, -0.2) is 9.78 Å². The van der Waals surface area contributed by atoms with E-state index in [4.69, 9.17) is 5.11 Å². The van der Waals surface area contributed by atoms with E-state index < -0.39 is 5.97 Å². The van der Waals surface area contributed by atoms with Crippen molar-refractivity contribution in [3.63, 3.8) is 0 Å². The van der Waals surface area contributed by atoms with Crippen molar-refractivity contribution >= 4 is 23.2 Å². The average molecular weight is 382 g/mol. The van der Waals surface area contributed by atoms with Crippen molar-refractivity contribution in [2.45, 2.75) is 25.4 Å². The number of nitrogens with zero attached hydrogens (tertiary/aromatic N) is 4. The first kappa shape index (κ1) is 17.4. The molecular weight excluding hydrogens is 364 g/mol. The molecule has 1 amide bonds. The lowest BCUT2D eigenvalue weighted by molar-refractivity contribution is 0.0691. The Bertz CT molecular complexity index is 950. The lowest BCUT2D eigenvalue weighted by atomic mass is 10.1. The van der Waals surface area contributed by atoms with E-state index in [9.17, 15) is 9.59 Å². The first-order valence-corrected chi connectivity index (χ1v) is 9.56. The van der Waals surface area contributed by atoms with Crippen LogP contribution in [0.3, 0.4) is 0 Å². The summed E-state index contributed by atoms with van der Waals surface area (Å²) in [6.45, 7) is 1.31. The number of hydrogen-bond donors (Lipinski definition) is 1. The topological polar surface area (TPSA) is 88.3 Å². The van der Waals surface area contributed by atoms with Crippen molar-refractivity contribution in [3.8, 4) is 0 Å². The van der Waals surface area contributed by atoms with Gasteiger partial charge in [-0.05, 0) is 36.6 Å². The molecule has 2 aromatic heterocycles. The van der Waals surface area contributed by atoms with Gasteiger partial charge in [-0.15, -0.1) is 11.3 Å². The van der Waals surface area contributed by atoms with E-state index in [-0.39, 0.29) is 17.6 Å². The second kappa shape index (κ2) is 7.32. The van der Waals surface area contributed by atoms with E-state index in [2.05, 4.69) is 10.1 Å². The van der Waals surface area contributed by atoms with Crippen LogP contribution < -0.4 is 0 Å². The molecule has 3 aromatic rings. The van der Waals surface area contributed by atoms with Gasteiger partial charge in [-0.1, -0.05) is 12.1 Å². The molecule has 7 nitrogen and oxygen atoms in total. The number of hydrogen-bond acceptors (Lipinski definition) is 5. The number of aromatic nitrogens is 3. The Kier molecular flexibility index (Phi) is 4.72. The normalized spacial score (nSPS) is 16.6. The maximum atomic E-state index is 13.0. The van der Waals surface area contributed by atoms with Crippen LogP contribution in [0.1, 0.15) is 50.3 Å². The Hall–Kier alpha value is -3.00. The van der Waals surface area contributed by atoms with Crippen molar-refractivity contribution in [2.75, 3.05) is 6.54 Å². The number of carboxylic acids is 1. The van der Waals surface area contributed by atoms with E-state index in [1.165, 1.54) is 16.7 Å². The monoisotopic (exact) mass is 382 g/mol. The van der Waals surface area contributed by atoms with Crippen LogP contribution in [0, 0.1) is 0 Å². The number of carboxylic acid groups (broad SMARTS) is 1. The third-order valence-corrected chi connectivity index (χ3v) is 5.59. The molecule has 4 rings (SSSR count). The number of aromatic carboxylic acids is 1. The summed E-state index contributed by atoms with van der Waals surface area (Å²) in [5.74, 6) is -1.09. The molecule has 1 aliphatic heterocycles. The number of benzene rings is 1. The molecule has 1 aliphatic rings. The van der Waals surface area contributed by atoms with Crippen molar-refractivity contribution in [3.05, 3.63) is 69.9 Å². The predicted octanol–water partition coefficient (Wildman–Crippen LogP) is 3.06. The summed E-state index contributed by atoms with van der Waals surface area (Å²) in [6, 6.07) is 9.26. The van der Waals surface area contributed by atoms with E-state index in [1.54, 1.807) is 11.1 Å². The molecule has 138 valence electrons. The SMILES string of the molecule is O=C(O)c1csc(C2CCCN2C(=O)c2ccc(Cn3cccn3)cc2)n1. The van der Waals surface area contributed by atoms with Crippen LogP contribution in [0.25, 0.3) is 0 Å². The fraction of sp³-hybridized carbons (Fsp3) is 0.263. The highest BCUT2D eigenvalue weighted by Gasteiger charge is 2.33. The zero-order valence-electron chi connectivity index (χ0n) is 14.5. The highest BCUT2D eigenvalue weighted by Crippen LogP contribution is 2.34. The predicted molar refractivity (Wildman–Crippen MR) is 99.9 cm³/mol. The molecule has 0 spiro atoms. The maximum absolute atomic E-state index is 13.0. The first-order valence-electron chi connectivity index (χ1n) is 8.68. The van der Waals surface area contributed by atoms with Crippen LogP contribution in [-0.4, -0.2) is 43.2 Å². The molecule has 1 atom stereocenters. The highest BCUT2D eigenvalue weighted by molar-refractivity contribution is 7.09. The van der Waals surface area contributed by atoms with Gasteiger partial charge in [0.1, 0.15) is 5.01 Å². The molecule has 0 aliphatic carbocycles. The molecular formula is C19H18N4O3S. The molecule has 0 bridgehead atoms. The van der Waals surface area contributed by atoms with E-state index >= 15 is 0 Å². The molecule has 1 saturated heterocycles. The van der Waals surface area contributed by atoms with Crippen LogP contribution >= 0.6 is 11.3 Å². The zero-order chi connectivity index (χ0) is 18.8. The second-order valence-electron chi connectivity index (χ2n) is 6.43. The van der Waals surface area contributed by atoms with Gasteiger partial charge in [-0.3, -0.25) is 9.48 Å². The van der Waals surface area contributed by atoms with Crippen LogP contribution in [0.2, 0.25) is 0 Å². The first-order chi connectivity index (χ1) is 13.1. The Balaban J connectivity index is 1.49. The molecule has 0 radical (unpaired) electrons. The molecule has 27 heavy (non-hydrogen) atoms. The van der Waals surface area contributed by atoms with Gasteiger partial charge in [0.25, 0.3) is 5.91 Å². The standard InChI is InChI=1S/C19H18N4O3S/c24-18(14-6-4-13(5-7-14)11-22-9-2-8-20-22)23-10-1-3-16(23)17-21-15(12-27-17)19(25)26/h2,4-9,12,16H,1,3,10-11H2,(H,25,26). The van der Waals surface area contributed by atoms with Crippen LogP contribution in [0.4, 0.5) is 0 Å². The molecule has 1 fully saturated rings. The average Bonchev–Trinajstić information content (AvgIpc) is 3.42. The lowest BCUT2D eigenvalue weighted by Gasteiger charge is -2.23. The molecule has 1 N–H and O–H groups in total. The molecule has 1 unspecified atom stereocenters. The zero-order valence-corrected chi connectivity index (χ0v) is 15.3. The summed E-state index contributed by atoms with van der Waals surface area (Å²) >= 11 is 1.30. The number of rotatable bonds is 5. The fourth-order valence-electron chi connectivity index (χ4n) is 3.31. The smallest absolute Gasteiger partial charge is 0.355 e. The van der Waals surface area contributed by atoms with Gasteiger partial charge >= 0.3 is 5.97 Å². The van der Waals surface area contributed by atoms with E-state index in [1.807, 2.05) is 41.2 Å². The van der Waals surface area contributed by atoms with Crippen LogP contribution in [0.15, 0.2) is 48.1 Å². The van der Waals surface area contributed by atoms with Crippen molar-refractivity contribution in [1.29, 1.82) is 0 Å². The van der Waals surface area contributed by atoms with Crippen molar-refractivity contribution in [1.82, 2.24) is 19.7 Å². The summed E-state index contributed by atoms with van der Waals surface area (Å²) in [5, 5.41) is 15.5.